The Labute approximate surface area is 121 Å². The van der Waals surface area contributed by atoms with Gasteiger partial charge in [-0.2, -0.15) is 0 Å². The van der Waals surface area contributed by atoms with Crippen molar-refractivity contribution in [1.29, 1.82) is 0 Å². The van der Waals surface area contributed by atoms with Crippen LogP contribution >= 0.6 is 0 Å². The molecule has 0 aliphatic heterocycles. The first kappa shape index (κ1) is 15.1. The van der Waals surface area contributed by atoms with E-state index in [2.05, 4.69) is 15.6 Å². The van der Waals surface area contributed by atoms with Crippen molar-refractivity contribution in [2.45, 2.75) is 18.0 Å². The fourth-order valence-corrected chi connectivity index (χ4v) is 2.33. The second-order valence-electron chi connectivity index (χ2n) is 4.46. The third-order valence-electron chi connectivity index (χ3n) is 2.65. The fraction of sp³-hybridized carbons (Fsp3) is 0.250. The van der Waals surface area contributed by atoms with Crippen LogP contribution in [-0.4, -0.2) is 35.6 Å². The van der Waals surface area contributed by atoms with Gasteiger partial charge in [-0.15, -0.1) is 5.10 Å². The van der Waals surface area contributed by atoms with Crippen molar-refractivity contribution in [2.24, 2.45) is 5.73 Å². The monoisotopic (exact) mass is 309 g/mol. The molecule has 0 aliphatic carbocycles. The second kappa shape index (κ2) is 6.02. The summed E-state index contributed by atoms with van der Waals surface area (Å²) < 4.78 is 24.3. The second-order valence-corrected chi connectivity index (χ2v) is 6.48. The van der Waals surface area contributed by atoms with Crippen molar-refractivity contribution in [2.75, 3.05) is 11.6 Å². The third-order valence-corrected chi connectivity index (χ3v) is 3.76. The number of hydrogen-bond donors (Lipinski definition) is 2. The Morgan fingerprint density at radius 1 is 1.43 bits per heavy atom. The molecule has 112 valence electrons. The summed E-state index contributed by atoms with van der Waals surface area (Å²) in [6.07, 6.45) is 2.68. The van der Waals surface area contributed by atoms with E-state index in [4.69, 9.17) is 5.73 Å². The topological polar surface area (TPSA) is 120 Å². The maximum atomic E-state index is 11.9. The average molecular weight is 309 g/mol. The number of nitrogens with two attached hydrogens (primary N) is 1. The van der Waals surface area contributed by atoms with E-state index in [1.807, 2.05) is 0 Å². The maximum Gasteiger partial charge on any atom is 0.246 e. The molecule has 1 aromatic heterocycles. The van der Waals surface area contributed by atoms with Gasteiger partial charge < -0.3 is 11.1 Å². The van der Waals surface area contributed by atoms with Crippen molar-refractivity contribution in [3.05, 3.63) is 36.2 Å². The highest BCUT2D eigenvalue weighted by atomic mass is 32.2. The van der Waals surface area contributed by atoms with Crippen LogP contribution in [0.2, 0.25) is 0 Å². The molecule has 3 N–H and O–H groups in total. The Hall–Kier alpha value is -2.26. The van der Waals surface area contributed by atoms with Crippen LogP contribution in [0.15, 0.2) is 35.4 Å². The van der Waals surface area contributed by atoms with E-state index in [9.17, 15) is 13.2 Å². The van der Waals surface area contributed by atoms with Gasteiger partial charge in [-0.1, -0.05) is 11.3 Å². The highest BCUT2D eigenvalue weighted by Gasteiger charge is 2.10. The standard InChI is InChI=1S/C12H15N5O3S/c1-21(19,20)11-4-2-3-9(5-11)14-12(18)8-17-7-10(6-13)15-16-17/h2-5,7H,6,8,13H2,1H3,(H,14,18). The van der Waals surface area contributed by atoms with Gasteiger partial charge in [-0.05, 0) is 18.2 Å². The van der Waals surface area contributed by atoms with Crippen LogP contribution in [0.25, 0.3) is 0 Å². The summed E-state index contributed by atoms with van der Waals surface area (Å²) in [5, 5.41) is 10.1. The van der Waals surface area contributed by atoms with Gasteiger partial charge in [-0.25, -0.2) is 13.1 Å². The Kier molecular flexibility index (Phi) is 4.34. The molecule has 1 heterocycles. The van der Waals surface area contributed by atoms with E-state index < -0.39 is 9.84 Å². The maximum absolute atomic E-state index is 11.9. The van der Waals surface area contributed by atoms with Gasteiger partial charge >= 0.3 is 0 Å². The zero-order valence-corrected chi connectivity index (χ0v) is 12.2. The van der Waals surface area contributed by atoms with Gasteiger partial charge in [-0.3, -0.25) is 4.79 Å². The van der Waals surface area contributed by atoms with Crippen molar-refractivity contribution < 1.29 is 13.2 Å². The normalized spacial score (nSPS) is 11.3. The number of carbonyl (C=O) groups excluding carboxylic acids is 1. The number of benzene rings is 1. The highest BCUT2D eigenvalue weighted by molar-refractivity contribution is 7.90. The van der Waals surface area contributed by atoms with E-state index in [0.29, 0.717) is 11.4 Å². The summed E-state index contributed by atoms with van der Waals surface area (Å²) >= 11 is 0. The minimum Gasteiger partial charge on any atom is -0.325 e. The summed E-state index contributed by atoms with van der Waals surface area (Å²) in [6.45, 7) is 0.216. The molecule has 2 rings (SSSR count). The lowest BCUT2D eigenvalue weighted by atomic mass is 10.3. The highest BCUT2D eigenvalue weighted by Crippen LogP contribution is 2.15. The molecule has 1 amide bonds. The van der Waals surface area contributed by atoms with E-state index in [1.165, 1.54) is 16.8 Å². The van der Waals surface area contributed by atoms with Crippen molar-refractivity contribution in [3.8, 4) is 0 Å². The molecule has 0 unspecified atom stereocenters. The van der Waals surface area contributed by atoms with E-state index >= 15 is 0 Å². The van der Waals surface area contributed by atoms with Crippen LogP contribution in [0.1, 0.15) is 5.69 Å². The Morgan fingerprint density at radius 3 is 2.81 bits per heavy atom. The molecular weight excluding hydrogens is 294 g/mol. The lowest BCUT2D eigenvalue weighted by molar-refractivity contribution is -0.116. The van der Waals surface area contributed by atoms with E-state index in [-0.39, 0.29) is 23.9 Å². The van der Waals surface area contributed by atoms with Gasteiger partial charge in [0.05, 0.1) is 16.8 Å². The first-order valence-corrected chi connectivity index (χ1v) is 7.96. The lowest BCUT2D eigenvalue weighted by Crippen LogP contribution is -2.19. The Bertz CT molecular complexity index is 754. The number of amides is 1. The summed E-state index contributed by atoms with van der Waals surface area (Å²) in [6, 6.07) is 6.04. The molecule has 0 saturated carbocycles. The molecule has 21 heavy (non-hydrogen) atoms. The largest absolute Gasteiger partial charge is 0.325 e. The van der Waals surface area contributed by atoms with Crippen LogP contribution in [0.3, 0.4) is 0 Å². The number of hydrogen-bond acceptors (Lipinski definition) is 6. The summed E-state index contributed by atoms with van der Waals surface area (Å²) in [5.41, 5.74) is 6.39. The number of rotatable bonds is 5. The zero-order chi connectivity index (χ0) is 15.5. The number of sulfone groups is 1. The molecule has 0 bridgehead atoms. The predicted molar refractivity (Wildman–Crippen MR) is 76.1 cm³/mol. The van der Waals surface area contributed by atoms with Crippen molar-refractivity contribution in [1.82, 2.24) is 15.0 Å². The molecule has 0 atom stereocenters. The number of nitrogens with zero attached hydrogens (tertiary/aromatic N) is 3. The zero-order valence-electron chi connectivity index (χ0n) is 11.4. The van der Waals surface area contributed by atoms with Crippen molar-refractivity contribution in [3.63, 3.8) is 0 Å². The molecule has 9 heteroatoms. The summed E-state index contributed by atoms with van der Waals surface area (Å²) in [5.74, 6) is -0.339. The quantitative estimate of drug-likeness (QED) is 0.788. The molecule has 0 aliphatic rings. The van der Waals surface area contributed by atoms with Gasteiger partial charge in [0.15, 0.2) is 9.84 Å². The number of carbonyl (C=O) groups is 1. The summed E-state index contributed by atoms with van der Waals surface area (Å²) in [4.78, 5) is 12.0. The van der Waals surface area contributed by atoms with Crippen LogP contribution in [0.5, 0.6) is 0 Å². The van der Waals surface area contributed by atoms with Gasteiger partial charge in [0, 0.05) is 18.5 Å². The third kappa shape index (κ3) is 4.10. The average Bonchev–Trinajstić information content (AvgIpc) is 2.85. The van der Waals surface area contributed by atoms with Crippen LogP contribution in [-0.2, 0) is 27.7 Å². The smallest absolute Gasteiger partial charge is 0.246 e. The van der Waals surface area contributed by atoms with Crippen LogP contribution < -0.4 is 11.1 Å². The lowest BCUT2D eigenvalue weighted by Gasteiger charge is -2.06. The predicted octanol–water partition coefficient (Wildman–Crippen LogP) is -0.221. The first-order valence-electron chi connectivity index (χ1n) is 6.07. The first-order chi connectivity index (χ1) is 9.88. The van der Waals surface area contributed by atoms with Crippen LogP contribution in [0.4, 0.5) is 5.69 Å². The van der Waals surface area contributed by atoms with Gasteiger partial charge in [0.1, 0.15) is 6.54 Å². The number of nitrogens with one attached hydrogen (secondary N) is 1. The number of anilines is 1. The molecule has 0 spiro atoms. The Balaban J connectivity index is 2.06. The SMILES string of the molecule is CS(=O)(=O)c1cccc(NC(=O)Cn2cc(CN)nn2)c1. The summed E-state index contributed by atoms with van der Waals surface area (Å²) in [7, 11) is -3.31. The van der Waals surface area contributed by atoms with Crippen molar-refractivity contribution >= 4 is 21.4 Å². The van der Waals surface area contributed by atoms with Gasteiger partial charge in [0.2, 0.25) is 5.91 Å². The molecular formula is C12H15N5O3S. The Morgan fingerprint density at radius 2 is 2.19 bits per heavy atom. The minimum atomic E-state index is -3.31. The molecule has 1 aromatic carbocycles. The molecule has 0 saturated heterocycles. The van der Waals surface area contributed by atoms with E-state index in [1.54, 1.807) is 18.3 Å². The van der Waals surface area contributed by atoms with E-state index in [0.717, 1.165) is 6.26 Å². The van der Waals surface area contributed by atoms with Crippen LogP contribution in [0, 0.1) is 0 Å². The minimum absolute atomic E-state index is 0.0316. The molecule has 0 radical (unpaired) electrons. The fourth-order valence-electron chi connectivity index (χ4n) is 1.66. The number of aromatic nitrogens is 3. The molecule has 8 nitrogen and oxygen atoms in total. The molecule has 0 fully saturated rings. The molecule has 2 aromatic rings. The van der Waals surface area contributed by atoms with Gasteiger partial charge in [0.25, 0.3) is 0 Å².